The summed E-state index contributed by atoms with van der Waals surface area (Å²) in [7, 11) is 0. The van der Waals surface area contributed by atoms with Crippen molar-refractivity contribution in [2.45, 2.75) is 64.3 Å². The van der Waals surface area contributed by atoms with E-state index in [0.717, 1.165) is 41.0 Å². The van der Waals surface area contributed by atoms with Gasteiger partial charge in [0.25, 0.3) is 23.6 Å². The number of benzene rings is 3. The summed E-state index contributed by atoms with van der Waals surface area (Å²) in [6.45, 7) is 3.82. The average Bonchev–Trinajstić information content (AvgIpc) is 3.72. The average molecular weight is 621 g/mol. The van der Waals surface area contributed by atoms with E-state index in [1.165, 1.54) is 6.07 Å². The molecule has 3 aromatic carbocycles. The van der Waals surface area contributed by atoms with Crippen LogP contribution in [0.2, 0.25) is 0 Å². The Morgan fingerprint density at radius 3 is 2.48 bits per heavy atom. The summed E-state index contributed by atoms with van der Waals surface area (Å²) in [6.07, 6.45) is 4.28. The minimum absolute atomic E-state index is 0.00788. The standard InChI is InChI=1S/C36H33FN4O5/c1-20-13-14-23(21(2)17-20)18-24(19-45-41-35(43)26-7-3-4-8-27(26)36(41)44)38-33(42)31-28-10-5-11-29(28)39-40-34(31)46-30-12-6-9-25(32(30)37)22-15-16-22/h3-4,6-9,12-14,17,22,24H,5,10-11,15-16,18-19H2,1-2H3,(H,38,42)/t24-/m1/s1. The Morgan fingerprint density at radius 1 is 1.00 bits per heavy atom. The predicted octanol–water partition coefficient (Wildman–Crippen LogP) is 5.96. The van der Waals surface area contributed by atoms with Gasteiger partial charge in [-0.1, -0.05) is 48.0 Å². The zero-order chi connectivity index (χ0) is 31.9. The van der Waals surface area contributed by atoms with Gasteiger partial charge in [0, 0.05) is 0 Å². The highest BCUT2D eigenvalue weighted by atomic mass is 19.1. The Labute approximate surface area is 265 Å². The summed E-state index contributed by atoms with van der Waals surface area (Å²) < 4.78 is 21.4. The zero-order valence-corrected chi connectivity index (χ0v) is 25.6. The molecule has 7 rings (SSSR count). The Balaban J connectivity index is 1.18. The lowest BCUT2D eigenvalue weighted by Gasteiger charge is -2.23. The first-order valence-electron chi connectivity index (χ1n) is 15.6. The Kier molecular flexibility index (Phi) is 7.82. The van der Waals surface area contributed by atoms with Gasteiger partial charge in [-0.25, -0.2) is 4.39 Å². The second kappa shape index (κ2) is 12.1. The van der Waals surface area contributed by atoms with Crippen molar-refractivity contribution in [3.8, 4) is 11.6 Å². The number of amides is 3. The lowest BCUT2D eigenvalue weighted by molar-refractivity contribution is -0.0969. The molecule has 3 aliphatic rings. The normalized spacial score (nSPS) is 15.9. The molecule has 10 heteroatoms. The van der Waals surface area contributed by atoms with E-state index in [1.54, 1.807) is 36.4 Å². The van der Waals surface area contributed by atoms with Crippen molar-refractivity contribution in [1.29, 1.82) is 0 Å². The molecule has 9 nitrogen and oxygen atoms in total. The predicted molar refractivity (Wildman–Crippen MR) is 166 cm³/mol. The number of ether oxygens (including phenoxy) is 1. The molecule has 0 saturated heterocycles. The number of nitrogens with one attached hydrogen (secondary N) is 1. The Morgan fingerprint density at radius 2 is 1.76 bits per heavy atom. The maximum absolute atomic E-state index is 15.4. The fraction of sp³-hybridized carbons (Fsp3) is 0.306. The summed E-state index contributed by atoms with van der Waals surface area (Å²) in [5, 5.41) is 12.3. The lowest BCUT2D eigenvalue weighted by atomic mass is 9.99. The van der Waals surface area contributed by atoms with Crippen LogP contribution in [0.5, 0.6) is 11.6 Å². The third-order valence-electron chi connectivity index (χ3n) is 8.87. The van der Waals surface area contributed by atoms with Crippen LogP contribution in [0.1, 0.15) is 89.8 Å². The highest BCUT2D eigenvalue weighted by Gasteiger charge is 2.37. The highest BCUT2D eigenvalue weighted by Crippen LogP contribution is 2.43. The van der Waals surface area contributed by atoms with Gasteiger partial charge in [0.1, 0.15) is 5.56 Å². The van der Waals surface area contributed by atoms with Crippen LogP contribution in [0.25, 0.3) is 0 Å². The van der Waals surface area contributed by atoms with Gasteiger partial charge >= 0.3 is 0 Å². The fourth-order valence-corrected chi connectivity index (χ4v) is 6.32. The molecule has 2 heterocycles. The quantitative estimate of drug-likeness (QED) is 0.218. The van der Waals surface area contributed by atoms with E-state index in [9.17, 15) is 14.4 Å². The van der Waals surface area contributed by atoms with E-state index in [1.807, 2.05) is 26.0 Å². The van der Waals surface area contributed by atoms with Crippen molar-refractivity contribution in [2.75, 3.05) is 6.61 Å². The van der Waals surface area contributed by atoms with Crippen LogP contribution in [0.3, 0.4) is 0 Å². The topological polar surface area (TPSA) is 111 Å². The summed E-state index contributed by atoms with van der Waals surface area (Å²) in [4.78, 5) is 46.0. The zero-order valence-electron chi connectivity index (χ0n) is 25.6. The molecule has 3 amide bonds. The van der Waals surface area contributed by atoms with Crippen molar-refractivity contribution in [1.82, 2.24) is 20.6 Å². The van der Waals surface area contributed by atoms with Crippen LogP contribution in [0.15, 0.2) is 60.7 Å². The van der Waals surface area contributed by atoms with Crippen molar-refractivity contribution in [3.63, 3.8) is 0 Å². The van der Waals surface area contributed by atoms with Crippen LogP contribution < -0.4 is 10.1 Å². The smallest absolute Gasteiger partial charge is 0.285 e. The number of hydroxylamine groups is 2. The van der Waals surface area contributed by atoms with Crippen molar-refractivity contribution in [3.05, 3.63) is 117 Å². The number of carbonyl (C=O) groups is 3. The molecule has 0 unspecified atom stereocenters. The molecule has 1 N–H and O–H groups in total. The van der Waals surface area contributed by atoms with Crippen molar-refractivity contribution < 1.29 is 28.3 Å². The fourth-order valence-electron chi connectivity index (χ4n) is 6.32. The number of rotatable bonds is 10. The first-order chi connectivity index (χ1) is 22.3. The summed E-state index contributed by atoms with van der Waals surface area (Å²) in [5.41, 5.74) is 5.84. The molecule has 2 aliphatic carbocycles. The molecule has 1 atom stereocenters. The number of halogens is 1. The van der Waals surface area contributed by atoms with Crippen LogP contribution in [-0.2, 0) is 24.1 Å². The van der Waals surface area contributed by atoms with Crippen molar-refractivity contribution in [2.24, 2.45) is 0 Å². The summed E-state index contributed by atoms with van der Waals surface area (Å²) in [6, 6.07) is 16.9. The van der Waals surface area contributed by atoms with E-state index in [4.69, 9.17) is 9.57 Å². The number of aromatic nitrogens is 2. The van der Waals surface area contributed by atoms with Gasteiger partial charge < -0.3 is 10.1 Å². The molecule has 1 aromatic heterocycles. The van der Waals surface area contributed by atoms with Gasteiger partial charge in [0.15, 0.2) is 11.6 Å². The molecule has 0 bridgehead atoms. The summed E-state index contributed by atoms with van der Waals surface area (Å²) >= 11 is 0. The monoisotopic (exact) mass is 620 g/mol. The summed E-state index contributed by atoms with van der Waals surface area (Å²) in [5.74, 6) is -1.96. The molecule has 1 aliphatic heterocycles. The first-order valence-corrected chi connectivity index (χ1v) is 15.6. The van der Waals surface area contributed by atoms with Crippen molar-refractivity contribution >= 4 is 17.7 Å². The minimum Gasteiger partial charge on any atom is -0.434 e. The number of aryl methyl sites for hydroxylation is 3. The van der Waals surface area contributed by atoms with Crippen LogP contribution >= 0.6 is 0 Å². The molecule has 0 spiro atoms. The second-order valence-corrected chi connectivity index (χ2v) is 12.2. The lowest BCUT2D eigenvalue weighted by Crippen LogP contribution is -2.43. The van der Waals surface area contributed by atoms with Crippen LogP contribution in [0, 0.1) is 19.7 Å². The van der Waals surface area contributed by atoms with E-state index >= 15 is 4.39 Å². The molecular weight excluding hydrogens is 587 g/mol. The Hall–Kier alpha value is -4.96. The molecule has 46 heavy (non-hydrogen) atoms. The van der Waals surface area contributed by atoms with Gasteiger partial charge in [0.05, 0.1) is 29.5 Å². The number of hydrogen-bond acceptors (Lipinski definition) is 7. The molecule has 1 fully saturated rings. The number of hydrogen-bond donors (Lipinski definition) is 1. The van der Waals surface area contributed by atoms with Gasteiger partial charge in [-0.2, -0.15) is 5.10 Å². The van der Waals surface area contributed by atoms with E-state index < -0.39 is 29.6 Å². The van der Waals surface area contributed by atoms with Crippen LogP contribution in [-0.4, -0.2) is 45.6 Å². The van der Waals surface area contributed by atoms with Gasteiger partial charge in [-0.3, -0.25) is 19.2 Å². The second-order valence-electron chi connectivity index (χ2n) is 12.2. The minimum atomic E-state index is -0.661. The third-order valence-corrected chi connectivity index (χ3v) is 8.87. The number of carbonyl (C=O) groups excluding carboxylic acids is 3. The number of imide groups is 1. The molecule has 1 saturated carbocycles. The van der Waals surface area contributed by atoms with Gasteiger partial charge in [-0.15, -0.1) is 10.2 Å². The Bertz CT molecular complexity index is 1850. The van der Waals surface area contributed by atoms with Crippen LogP contribution in [0.4, 0.5) is 4.39 Å². The van der Waals surface area contributed by atoms with E-state index in [2.05, 4.69) is 21.6 Å². The SMILES string of the molecule is Cc1ccc(C[C@H](CON2C(=O)c3ccccc3C2=O)NC(=O)c2c(Oc3cccc(C4CC4)c3F)nnc3c2CCC3)c(C)c1. The molecule has 0 radical (unpaired) electrons. The number of nitrogens with zero attached hydrogens (tertiary/aromatic N) is 3. The van der Waals surface area contributed by atoms with E-state index in [-0.39, 0.29) is 40.8 Å². The molecule has 4 aromatic rings. The van der Waals surface area contributed by atoms with Gasteiger partial charge in [0.2, 0.25) is 0 Å². The molecular formula is C36H33FN4O5. The highest BCUT2D eigenvalue weighted by molar-refractivity contribution is 6.20. The largest absolute Gasteiger partial charge is 0.434 e. The maximum Gasteiger partial charge on any atom is 0.285 e. The first kappa shape index (κ1) is 29.7. The third kappa shape index (κ3) is 5.64. The number of fused-ring (bicyclic) bond motifs is 2. The maximum atomic E-state index is 15.4. The molecule has 234 valence electrons. The van der Waals surface area contributed by atoms with E-state index in [0.29, 0.717) is 36.1 Å². The van der Waals surface area contributed by atoms with Gasteiger partial charge in [-0.05, 0) is 98.7 Å².